The van der Waals surface area contributed by atoms with Gasteiger partial charge in [-0.2, -0.15) is 0 Å². The summed E-state index contributed by atoms with van der Waals surface area (Å²) in [5.41, 5.74) is 1.40. The van der Waals surface area contributed by atoms with Gasteiger partial charge in [-0.1, -0.05) is 23.7 Å². The van der Waals surface area contributed by atoms with Crippen LogP contribution >= 0.6 is 11.6 Å². The van der Waals surface area contributed by atoms with E-state index in [-0.39, 0.29) is 23.7 Å². The Morgan fingerprint density at radius 1 is 1.30 bits per heavy atom. The number of carbonyl (C=O) groups excluding carboxylic acids is 1. The Bertz CT molecular complexity index is 658. The van der Waals surface area contributed by atoms with Gasteiger partial charge in [-0.05, 0) is 42.3 Å². The fourth-order valence-corrected chi connectivity index (χ4v) is 1.96. The molecule has 0 spiro atoms. The molecule has 104 valence electrons. The molecule has 0 unspecified atom stereocenters. The second-order valence-corrected chi connectivity index (χ2v) is 4.86. The second kappa shape index (κ2) is 5.92. The van der Waals surface area contributed by atoms with Gasteiger partial charge in [-0.3, -0.25) is 4.79 Å². The number of aryl methyl sites for hydroxylation is 1. The summed E-state index contributed by atoms with van der Waals surface area (Å²) in [4.78, 5) is 11.9. The Morgan fingerprint density at radius 3 is 2.75 bits per heavy atom. The van der Waals surface area contributed by atoms with Crippen molar-refractivity contribution in [2.24, 2.45) is 0 Å². The molecule has 2 aromatic rings. The maximum absolute atomic E-state index is 13.1. The highest BCUT2D eigenvalue weighted by molar-refractivity contribution is 6.31. The van der Waals surface area contributed by atoms with Gasteiger partial charge in [0, 0.05) is 11.6 Å². The molecule has 2 aromatic carbocycles. The van der Waals surface area contributed by atoms with Gasteiger partial charge in [-0.25, -0.2) is 4.39 Å². The number of aromatic hydroxyl groups is 1. The molecule has 0 saturated carbocycles. The lowest BCUT2D eigenvalue weighted by molar-refractivity contribution is 0.0948. The Hall–Kier alpha value is -2.07. The summed E-state index contributed by atoms with van der Waals surface area (Å²) < 4.78 is 13.1. The van der Waals surface area contributed by atoms with Crippen molar-refractivity contribution in [1.82, 2.24) is 5.32 Å². The van der Waals surface area contributed by atoms with Crippen molar-refractivity contribution in [2.45, 2.75) is 13.5 Å². The van der Waals surface area contributed by atoms with Crippen LogP contribution in [-0.2, 0) is 6.54 Å². The Balaban J connectivity index is 2.08. The molecule has 0 bridgehead atoms. The SMILES string of the molecule is Cc1cc(CNC(=O)c2cc(Cl)ccc2O)ccc1F. The van der Waals surface area contributed by atoms with Crippen molar-refractivity contribution in [3.05, 3.63) is 63.9 Å². The molecule has 0 heterocycles. The lowest BCUT2D eigenvalue weighted by Crippen LogP contribution is -2.23. The molecule has 1 amide bonds. The van der Waals surface area contributed by atoms with E-state index >= 15 is 0 Å². The summed E-state index contributed by atoms with van der Waals surface area (Å²) in [5, 5.41) is 12.6. The van der Waals surface area contributed by atoms with E-state index in [0.29, 0.717) is 10.6 Å². The Morgan fingerprint density at radius 2 is 2.05 bits per heavy atom. The number of carbonyl (C=O) groups is 1. The zero-order valence-corrected chi connectivity index (χ0v) is 11.5. The summed E-state index contributed by atoms with van der Waals surface area (Å²) in [6, 6.07) is 8.86. The minimum absolute atomic E-state index is 0.108. The number of phenolic OH excluding ortho intramolecular Hbond substituents is 1. The highest BCUT2D eigenvalue weighted by Crippen LogP contribution is 2.21. The molecule has 20 heavy (non-hydrogen) atoms. The lowest BCUT2D eigenvalue weighted by Gasteiger charge is -2.08. The molecule has 0 radical (unpaired) electrons. The van der Waals surface area contributed by atoms with Crippen LogP contribution < -0.4 is 5.32 Å². The average molecular weight is 294 g/mol. The van der Waals surface area contributed by atoms with Crippen molar-refractivity contribution >= 4 is 17.5 Å². The van der Waals surface area contributed by atoms with E-state index in [4.69, 9.17) is 11.6 Å². The standard InChI is InChI=1S/C15H13ClFNO2/c1-9-6-10(2-4-13(9)17)8-18-15(20)12-7-11(16)3-5-14(12)19/h2-7,19H,8H2,1H3,(H,18,20). The van der Waals surface area contributed by atoms with Gasteiger partial charge in [0.1, 0.15) is 11.6 Å². The van der Waals surface area contributed by atoms with Crippen molar-refractivity contribution in [1.29, 1.82) is 0 Å². The molecule has 0 atom stereocenters. The smallest absolute Gasteiger partial charge is 0.255 e. The normalized spacial score (nSPS) is 10.3. The van der Waals surface area contributed by atoms with Gasteiger partial charge >= 0.3 is 0 Å². The molecule has 2 N–H and O–H groups in total. The van der Waals surface area contributed by atoms with Gasteiger partial charge in [-0.15, -0.1) is 0 Å². The van der Waals surface area contributed by atoms with Crippen LogP contribution in [0.15, 0.2) is 36.4 Å². The minimum atomic E-state index is -0.438. The van der Waals surface area contributed by atoms with Crippen LogP contribution in [0.5, 0.6) is 5.75 Å². The van der Waals surface area contributed by atoms with Gasteiger partial charge in [0.05, 0.1) is 5.56 Å². The molecular weight excluding hydrogens is 281 g/mol. The van der Waals surface area contributed by atoms with Crippen LogP contribution in [0.1, 0.15) is 21.5 Å². The van der Waals surface area contributed by atoms with Crippen LogP contribution in [0.2, 0.25) is 5.02 Å². The van der Waals surface area contributed by atoms with Gasteiger partial charge in [0.2, 0.25) is 0 Å². The van der Waals surface area contributed by atoms with E-state index in [1.807, 2.05) is 0 Å². The van der Waals surface area contributed by atoms with Crippen molar-refractivity contribution in [3.63, 3.8) is 0 Å². The van der Waals surface area contributed by atoms with Gasteiger partial charge < -0.3 is 10.4 Å². The number of halogens is 2. The first-order chi connectivity index (χ1) is 9.47. The number of hydrogen-bond donors (Lipinski definition) is 2. The van der Waals surface area contributed by atoms with E-state index in [9.17, 15) is 14.3 Å². The number of amides is 1. The third-order valence-corrected chi connectivity index (χ3v) is 3.11. The Kier molecular flexibility index (Phi) is 4.25. The maximum Gasteiger partial charge on any atom is 0.255 e. The maximum atomic E-state index is 13.1. The minimum Gasteiger partial charge on any atom is -0.507 e. The van der Waals surface area contributed by atoms with E-state index in [2.05, 4.69) is 5.32 Å². The first-order valence-electron chi connectivity index (χ1n) is 5.99. The summed E-state index contributed by atoms with van der Waals surface area (Å²) in [6.45, 7) is 1.90. The molecule has 0 aliphatic rings. The van der Waals surface area contributed by atoms with Gasteiger partial charge in [0.25, 0.3) is 5.91 Å². The first kappa shape index (κ1) is 14.3. The van der Waals surface area contributed by atoms with Crippen LogP contribution in [0, 0.1) is 12.7 Å². The lowest BCUT2D eigenvalue weighted by atomic mass is 10.1. The summed E-state index contributed by atoms with van der Waals surface area (Å²) in [7, 11) is 0. The highest BCUT2D eigenvalue weighted by atomic mass is 35.5. The first-order valence-corrected chi connectivity index (χ1v) is 6.37. The Labute approximate surface area is 121 Å². The summed E-state index contributed by atoms with van der Waals surface area (Å²) in [6.07, 6.45) is 0. The van der Waals surface area contributed by atoms with E-state index in [1.54, 1.807) is 19.1 Å². The van der Waals surface area contributed by atoms with Crippen molar-refractivity contribution in [3.8, 4) is 5.75 Å². The molecule has 0 aliphatic heterocycles. The molecular formula is C15H13ClFNO2. The van der Waals surface area contributed by atoms with Crippen LogP contribution in [-0.4, -0.2) is 11.0 Å². The molecule has 3 nitrogen and oxygen atoms in total. The zero-order valence-electron chi connectivity index (χ0n) is 10.8. The largest absolute Gasteiger partial charge is 0.507 e. The zero-order chi connectivity index (χ0) is 14.7. The number of rotatable bonds is 3. The van der Waals surface area contributed by atoms with E-state index in [0.717, 1.165) is 5.56 Å². The fraction of sp³-hybridized carbons (Fsp3) is 0.133. The number of phenols is 1. The predicted octanol–water partition coefficient (Wildman–Crippen LogP) is 3.42. The topological polar surface area (TPSA) is 49.3 Å². The number of nitrogens with one attached hydrogen (secondary N) is 1. The average Bonchev–Trinajstić information content (AvgIpc) is 2.42. The second-order valence-electron chi connectivity index (χ2n) is 4.43. The molecule has 0 saturated heterocycles. The third kappa shape index (κ3) is 3.27. The van der Waals surface area contributed by atoms with E-state index in [1.165, 1.54) is 24.3 Å². The third-order valence-electron chi connectivity index (χ3n) is 2.88. The number of benzene rings is 2. The van der Waals surface area contributed by atoms with Crippen LogP contribution in [0.4, 0.5) is 4.39 Å². The molecule has 2 rings (SSSR count). The number of hydrogen-bond acceptors (Lipinski definition) is 2. The molecule has 0 aromatic heterocycles. The summed E-state index contributed by atoms with van der Waals surface area (Å²) >= 11 is 5.78. The van der Waals surface area contributed by atoms with Crippen LogP contribution in [0.3, 0.4) is 0 Å². The molecule has 0 fully saturated rings. The quantitative estimate of drug-likeness (QED) is 0.911. The molecule has 0 aliphatic carbocycles. The van der Waals surface area contributed by atoms with Gasteiger partial charge in [0.15, 0.2) is 0 Å². The monoisotopic (exact) mass is 293 g/mol. The highest BCUT2D eigenvalue weighted by Gasteiger charge is 2.11. The van der Waals surface area contributed by atoms with Crippen molar-refractivity contribution in [2.75, 3.05) is 0 Å². The predicted molar refractivity (Wildman–Crippen MR) is 75.4 cm³/mol. The fourth-order valence-electron chi connectivity index (χ4n) is 1.78. The molecule has 5 heteroatoms. The van der Waals surface area contributed by atoms with E-state index < -0.39 is 5.91 Å². The summed E-state index contributed by atoms with van der Waals surface area (Å²) in [5.74, 6) is -0.860. The van der Waals surface area contributed by atoms with Crippen LogP contribution in [0.25, 0.3) is 0 Å². The van der Waals surface area contributed by atoms with Crippen molar-refractivity contribution < 1.29 is 14.3 Å².